The molecule has 0 saturated carbocycles. The first-order chi connectivity index (χ1) is 9.15. The van der Waals surface area contributed by atoms with Crippen LogP contribution in [0.5, 0.6) is 5.75 Å². The number of hydrogen-bond donors (Lipinski definition) is 2. The molecule has 0 bridgehead atoms. The third kappa shape index (κ3) is 3.79. The van der Waals surface area contributed by atoms with Gasteiger partial charge in [-0.3, -0.25) is 9.98 Å². The molecule has 5 heteroatoms. The van der Waals surface area contributed by atoms with Crippen molar-refractivity contribution in [3.63, 3.8) is 0 Å². The lowest BCUT2D eigenvalue weighted by molar-refractivity contribution is -0.000351. The fourth-order valence-corrected chi connectivity index (χ4v) is 1.51. The van der Waals surface area contributed by atoms with Gasteiger partial charge < -0.3 is 15.6 Å². The van der Waals surface area contributed by atoms with E-state index in [2.05, 4.69) is 9.98 Å². The molecule has 2 rings (SSSR count). The quantitative estimate of drug-likeness (QED) is 0.499. The summed E-state index contributed by atoms with van der Waals surface area (Å²) in [4.78, 5) is 8.41. The Hall–Kier alpha value is -2.40. The maximum Gasteiger partial charge on any atom is 0.194 e. The van der Waals surface area contributed by atoms with Crippen molar-refractivity contribution in [1.29, 1.82) is 0 Å². The molecule has 0 amide bonds. The van der Waals surface area contributed by atoms with Gasteiger partial charge in [-0.2, -0.15) is 0 Å². The van der Waals surface area contributed by atoms with E-state index in [-0.39, 0.29) is 0 Å². The van der Waals surface area contributed by atoms with E-state index in [9.17, 15) is 0 Å². The van der Waals surface area contributed by atoms with Crippen LogP contribution in [0, 0.1) is 0 Å². The maximum absolute atomic E-state index is 9.15. The zero-order chi connectivity index (χ0) is 13.7. The van der Waals surface area contributed by atoms with Gasteiger partial charge in [0.05, 0.1) is 23.3 Å². The fraction of sp³-hybridized carbons (Fsp3) is 0.143. The number of aliphatic imine (C=N–C) groups is 1. The molecule has 0 aliphatic carbocycles. The number of nitrogens with zero attached hydrogens (tertiary/aromatic N) is 2. The SMILES string of the molecule is CC(O)Oc1ccnc(C=Nc2ccccc2N)c1. The Bertz CT molecular complexity index is 582. The van der Waals surface area contributed by atoms with Crippen molar-refractivity contribution in [2.24, 2.45) is 4.99 Å². The summed E-state index contributed by atoms with van der Waals surface area (Å²) in [6, 6.07) is 10.7. The van der Waals surface area contributed by atoms with Crippen molar-refractivity contribution in [3.05, 3.63) is 48.3 Å². The van der Waals surface area contributed by atoms with E-state index < -0.39 is 6.29 Å². The van der Waals surface area contributed by atoms with Crippen LogP contribution in [0.15, 0.2) is 47.6 Å². The number of nitrogen functional groups attached to an aromatic ring is 1. The molecule has 0 spiro atoms. The highest BCUT2D eigenvalue weighted by Crippen LogP contribution is 2.20. The van der Waals surface area contributed by atoms with Crippen molar-refractivity contribution in [2.45, 2.75) is 13.2 Å². The Labute approximate surface area is 111 Å². The van der Waals surface area contributed by atoms with Gasteiger partial charge in [0, 0.05) is 12.3 Å². The summed E-state index contributed by atoms with van der Waals surface area (Å²) < 4.78 is 5.16. The largest absolute Gasteiger partial charge is 0.465 e. The summed E-state index contributed by atoms with van der Waals surface area (Å²) in [7, 11) is 0. The van der Waals surface area contributed by atoms with Crippen LogP contribution < -0.4 is 10.5 Å². The molecule has 1 aromatic carbocycles. The molecule has 0 aliphatic heterocycles. The summed E-state index contributed by atoms with van der Waals surface area (Å²) in [5.74, 6) is 0.535. The van der Waals surface area contributed by atoms with Gasteiger partial charge in [0.15, 0.2) is 6.29 Å². The number of para-hydroxylation sites is 2. The van der Waals surface area contributed by atoms with Crippen LogP contribution in [-0.4, -0.2) is 22.6 Å². The zero-order valence-electron chi connectivity index (χ0n) is 10.5. The molecule has 0 aliphatic rings. The fourth-order valence-electron chi connectivity index (χ4n) is 1.51. The van der Waals surface area contributed by atoms with E-state index in [1.54, 1.807) is 37.5 Å². The highest BCUT2D eigenvalue weighted by Gasteiger charge is 2.00. The number of benzene rings is 1. The first-order valence-electron chi connectivity index (χ1n) is 5.84. The maximum atomic E-state index is 9.15. The predicted octanol–water partition coefficient (Wildman–Crippen LogP) is 2.13. The van der Waals surface area contributed by atoms with Crippen LogP contribution in [0.4, 0.5) is 11.4 Å². The Morgan fingerprint density at radius 3 is 2.89 bits per heavy atom. The first kappa shape index (κ1) is 13.0. The molecule has 1 atom stereocenters. The van der Waals surface area contributed by atoms with E-state index in [0.717, 1.165) is 0 Å². The van der Waals surface area contributed by atoms with Gasteiger partial charge >= 0.3 is 0 Å². The number of anilines is 1. The topological polar surface area (TPSA) is 80.7 Å². The second-order valence-electron chi connectivity index (χ2n) is 3.95. The molecule has 1 unspecified atom stereocenters. The number of aliphatic hydroxyl groups is 1. The Kier molecular flexibility index (Phi) is 4.10. The average molecular weight is 257 g/mol. The van der Waals surface area contributed by atoms with E-state index in [1.807, 2.05) is 18.2 Å². The van der Waals surface area contributed by atoms with Crippen molar-refractivity contribution in [2.75, 3.05) is 5.73 Å². The van der Waals surface area contributed by atoms with Gasteiger partial charge in [-0.05, 0) is 25.1 Å². The third-order valence-electron chi connectivity index (χ3n) is 2.33. The number of hydrogen-bond acceptors (Lipinski definition) is 5. The second kappa shape index (κ2) is 5.97. The molecular weight excluding hydrogens is 242 g/mol. The van der Waals surface area contributed by atoms with E-state index in [1.165, 1.54) is 0 Å². The number of aliphatic hydroxyl groups excluding tert-OH is 1. The first-order valence-corrected chi connectivity index (χ1v) is 5.84. The van der Waals surface area contributed by atoms with Crippen LogP contribution in [0.2, 0.25) is 0 Å². The van der Waals surface area contributed by atoms with Gasteiger partial charge in [0.1, 0.15) is 5.75 Å². The smallest absolute Gasteiger partial charge is 0.194 e. The molecule has 98 valence electrons. The van der Waals surface area contributed by atoms with Crippen LogP contribution in [0.25, 0.3) is 0 Å². The monoisotopic (exact) mass is 257 g/mol. The summed E-state index contributed by atoms with van der Waals surface area (Å²) in [5.41, 5.74) is 7.71. The zero-order valence-corrected chi connectivity index (χ0v) is 10.5. The Morgan fingerprint density at radius 1 is 1.37 bits per heavy atom. The molecule has 0 saturated heterocycles. The van der Waals surface area contributed by atoms with Crippen LogP contribution in [0.3, 0.4) is 0 Å². The van der Waals surface area contributed by atoms with Gasteiger partial charge in [-0.15, -0.1) is 0 Å². The summed E-state index contributed by atoms with van der Waals surface area (Å²) in [6.07, 6.45) is 2.32. The van der Waals surface area contributed by atoms with Crippen LogP contribution in [-0.2, 0) is 0 Å². The lowest BCUT2D eigenvalue weighted by Crippen LogP contribution is -2.09. The number of nitrogens with two attached hydrogens (primary N) is 1. The summed E-state index contributed by atoms with van der Waals surface area (Å²) >= 11 is 0. The predicted molar refractivity (Wildman–Crippen MR) is 74.7 cm³/mol. The molecular formula is C14H15N3O2. The van der Waals surface area contributed by atoms with Gasteiger partial charge in [0.25, 0.3) is 0 Å². The molecule has 0 fully saturated rings. The van der Waals surface area contributed by atoms with Crippen molar-refractivity contribution in [3.8, 4) is 5.75 Å². The third-order valence-corrected chi connectivity index (χ3v) is 2.33. The minimum Gasteiger partial charge on any atom is -0.465 e. The molecule has 0 radical (unpaired) electrons. The Balaban J connectivity index is 2.17. The number of ether oxygens (including phenoxy) is 1. The van der Waals surface area contributed by atoms with Gasteiger partial charge in [-0.25, -0.2) is 0 Å². The van der Waals surface area contributed by atoms with E-state index in [0.29, 0.717) is 22.8 Å². The highest BCUT2D eigenvalue weighted by atomic mass is 16.6. The molecule has 19 heavy (non-hydrogen) atoms. The van der Waals surface area contributed by atoms with Crippen molar-refractivity contribution >= 4 is 17.6 Å². The molecule has 5 nitrogen and oxygen atoms in total. The van der Waals surface area contributed by atoms with Crippen molar-refractivity contribution in [1.82, 2.24) is 4.98 Å². The lowest BCUT2D eigenvalue weighted by Gasteiger charge is -2.08. The lowest BCUT2D eigenvalue weighted by atomic mass is 10.3. The van der Waals surface area contributed by atoms with E-state index >= 15 is 0 Å². The average Bonchev–Trinajstić information content (AvgIpc) is 2.37. The van der Waals surface area contributed by atoms with Crippen LogP contribution >= 0.6 is 0 Å². The summed E-state index contributed by atoms with van der Waals surface area (Å²) in [5, 5.41) is 9.15. The van der Waals surface area contributed by atoms with Gasteiger partial charge in [0.2, 0.25) is 0 Å². The standard InChI is InChI=1S/C14H15N3O2/c1-10(18)19-12-6-7-16-11(8-12)9-17-14-5-3-2-4-13(14)15/h2-10,18H,15H2,1H3. The molecule has 3 N–H and O–H groups in total. The van der Waals surface area contributed by atoms with Crippen molar-refractivity contribution < 1.29 is 9.84 Å². The minimum atomic E-state index is -0.864. The van der Waals surface area contributed by atoms with Gasteiger partial charge in [-0.1, -0.05) is 12.1 Å². The van der Waals surface area contributed by atoms with Crippen LogP contribution in [0.1, 0.15) is 12.6 Å². The number of aromatic nitrogens is 1. The van der Waals surface area contributed by atoms with E-state index in [4.69, 9.17) is 15.6 Å². The molecule has 1 heterocycles. The summed E-state index contributed by atoms with van der Waals surface area (Å²) in [6.45, 7) is 1.54. The molecule has 2 aromatic rings. The second-order valence-corrected chi connectivity index (χ2v) is 3.95. The molecule has 1 aromatic heterocycles. The number of pyridine rings is 1. The Morgan fingerprint density at radius 2 is 2.16 bits per heavy atom. The normalized spacial score (nSPS) is 12.5. The minimum absolute atomic E-state index is 0.535. The highest BCUT2D eigenvalue weighted by molar-refractivity contribution is 5.82. The number of rotatable bonds is 4.